The molecule has 160 valence electrons. The second-order valence-corrected chi connectivity index (χ2v) is 8.15. The Balaban J connectivity index is 1.78. The van der Waals surface area contributed by atoms with Gasteiger partial charge < -0.3 is 19.2 Å². The second kappa shape index (κ2) is 9.63. The van der Waals surface area contributed by atoms with Crippen LogP contribution in [-0.2, 0) is 13.0 Å². The van der Waals surface area contributed by atoms with Gasteiger partial charge in [0.1, 0.15) is 5.58 Å². The first-order valence-electron chi connectivity index (χ1n) is 10.7. The van der Waals surface area contributed by atoms with Crippen LogP contribution in [0.2, 0.25) is 0 Å². The maximum absolute atomic E-state index is 12.7. The molecule has 29 heavy (non-hydrogen) atoms. The average molecular weight is 403 g/mol. The van der Waals surface area contributed by atoms with E-state index >= 15 is 0 Å². The predicted octanol–water partition coefficient (Wildman–Crippen LogP) is 3.73. The highest BCUT2D eigenvalue weighted by Crippen LogP contribution is 2.35. The van der Waals surface area contributed by atoms with Crippen molar-refractivity contribution in [2.75, 3.05) is 27.3 Å². The van der Waals surface area contributed by atoms with Gasteiger partial charge >= 0.3 is 5.63 Å². The highest BCUT2D eigenvalue weighted by Gasteiger charge is 2.25. The summed E-state index contributed by atoms with van der Waals surface area (Å²) >= 11 is 0. The minimum absolute atomic E-state index is 0.249. The highest BCUT2D eigenvalue weighted by molar-refractivity contribution is 5.85. The fourth-order valence-corrected chi connectivity index (χ4v) is 4.32. The molecule has 1 aromatic heterocycles. The summed E-state index contributed by atoms with van der Waals surface area (Å²) in [6.07, 6.45) is 4.50. The van der Waals surface area contributed by atoms with Gasteiger partial charge in [0.05, 0.1) is 19.8 Å². The largest absolute Gasteiger partial charge is 0.493 e. The Labute approximate surface area is 173 Å². The van der Waals surface area contributed by atoms with Crippen LogP contribution in [0, 0.1) is 0 Å². The van der Waals surface area contributed by atoms with Gasteiger partial charge in [-0.2, -0.15) is 0 Å². The van der Waals surface area contributed by atoms with Gasteiger partial charge in [0.15, 0.2) is 11.5 Å². The fourth-order valence-electron chi connectivity index (χ4n) is 4.32. The van der Waals surface area contributed by atoms with Gasteiger partial charge in [0.25, 0.3) is 0 Å². The van der Waals surface area contributed by atoms with Crippen LogP contribution in [-0.4, -0.2) is 44.3 Å². The number of hydrogen-bond acceptors (Lipinski definition) is 6. The summed E-state index contributed by atoms with van der Waals surface area (Å²) in [5.41, 5.74) is 2.15. The van der Waals surface area contributed by atoms with E-state index in [2.05, 4.69) is 31.0 Å². The second-order valence-electron chi connectivity index (χ2n) is 8.15. The number of hydrogen-bond donors (Lipinski definition) is 1. The number of fused-ring (bicyclic) bond motifs is 3. The molecule has 0 aliphatic carbocycles. The summed E-state index contributed by atoms with van der Waals surface area (Å²) in [7, 11) is 3.20. The topological polar surface area (TPSA) is 63.9 Å². The number of nitrogens with one attached hydrogen (secondary N) is 1. The Morgan fingerprint density at radius 3 is 2.55 bits per heavy atom. The predicted molar refractivity (Wildman–Crippen MR) is 116 cm³/mol. The minimum Gasteiger partial charge on any atom is -0.493 e. The molecule has 0 fully saturated rings. The van der Waals surface area contributed by atoms with E-state index in [-0.39, 0.29) is 5.63 Å². The lowest BCUT2D eigenvalue weighted by atomic mass is 9.97. The summed E-state index contributed by atoms with van der Waals surface area (Å²) in [5.74, 6) is 1.22. The molecule has 0 amide bonds. The van der Waals surface area contributed by atoms with Crippen LogP contribution in [0.4, 0.5) is 0 Å². The smallest absolute Gasteiger partial charge is 0.341 e. The van der Waals surface area contributed by atoms with Crippen LogP contribution in [0.1, 0.15) is 51.2 Å². The van der Waals surface area contributed by atoms with Crippen LogP contribution in [0.25, 0.3) is 11.0 Å². The SMILES string of the molecule is CCCCC(C)NC(C)CN1CCc2c(c(=O)oc3cc(OC)c(OC)cc23)C1. The first kappa shape index (κ1) is 21.7. The maximum Gasteiger partial charge on any atom is 0.341 e. The van der Waals surface area contributed by atoms with E-state index < -0.39 is 0 Å². The number of methoxy groups -OCH3 is 2. The van der Waals surface area contributed by atoms with Crippen molar-refractivity contribution in [2.24, 2.45) is 0 Å². The molecule has 0 spiro atoms. The molecule has 1 aliphatic heterocycles. The van der Waals surface area contributed by atoms with Gasteiger partial charge in [-0.15, -0.1) is 0 Å². The van der Waals surface area contributed by atoms with Crippen LogP contribution in [0.15, 0.2) is 21.3 Å². The number of rotatable bonds is 9. The summed E-state index contributed by atoms with van der Waals surface area (Å²) in [6, 6.07) is 4.55. The normalized spacial score (nSPS) is 16.4. The zero-order chi connectivity index (χ0) is 21.0. The van der Waals surface area contributed by atoms with Gasteiger partial charge in [-0.25, -0.2) is 4.79 Å². The molecule has 2 unspecified atom stereocenters. The minimum atomic E-state index is -0.249. The molecule has 0 radical (unpaired) electrons. The number of unbranched alkanes of at least 4 members (excludes halogenated alkanes) is 1. The Morgan fingerprint density at radius 2 is 1.86 bits per heavy atom. The third-order valence-corrected chi connectivity index (χ3v) is 5.78. The molecule has 6 heteroatoms. The van der Waals surface area contributed by atoms with E-state index in [0.717, 1.165) is 36.0 Å². The molecule has 1 N–H and O–H groups in total. The first-order valence-corrected chi connectivity index (χ1v) is 10.7. The molecule has 0 saturated carbocycles. The lowest BCUT2D eigenvalue weighted by Gasteiger charge is -2.32. The van der Waals surface area contributed by atoms with E-state index in [1.165, 1.54) is 19.3 Å². The molecule has 0 bridgehead atoms. The zero-order valence-electron chi connectivity index (χ0n) is 18.3. The summed E-state index contributed by atoms with van der Waals surface area (Å²) in [4.78, 5) is 15.0. The standard InChI is InChI=1S/C23H34N2O4/c1-6-7-8-15(2)24-16(3)13-25-10-9-17-18-11-21(27-4)22(28-5)12-20(18)29-23(26)19(17)14-25/h11-12,15-16,24H,6-10,13-14H2,1-5H3. The van der Waals surface area contributed by atoms with Gasteiger partial charge in [-0.05, 0) is 38.3 Å². The van der Waals surface area contributed by atoms with E-state index in [4.69, 9.17) is 13.9 Å². The molecule has 2 heterocycles. The lowest BCUT2D eigenvalue weighted by Crippen LogP contribution is -2.45. The summed E-state index contributed by atoms with van der Waals surface area (Å²) in [6.45, 7) is 9.16. The van der Waals surface area contributed by atoms with E-state index in [0.29, 0.717) is 35.7 Å². The molecular weight excluding hydrogens is 368 g/mol. The molecule has 2 aromatic rings. The molecule has 1 aromatic carbocycles. The quantitative estimate of drug-likeness (QED) is 0.645. The lowest BCUT2D eigenvalue weighted by molar-refractivity contribution is 0.220. The van der Waals surface area contributed by atoms with E-state index in [1.54, 1.807) is 20.3 Å². The van der Waals surface area contributed by atoms with Crippen molar-refractivity contribution in [1.29, 1.82) is 0 Å². The number of nitrogens with zero attached hydrogens (tertiary/aromatic N) is 1. The zero-order valence-corrected chi connectivity index (χ0v) is 18.3. The van der Waals surface area contributed by atoms with Crippen LogP contribution < -0.4 is 20.4 Å². The first-order chi connectivity index (χ1) is 14.0. The number of benzene rings is 1. The molecule has 1 aliphatic rings. The third-order valence-electron chi connectivity index (χ3n) is 5.78. The van der Waals surface area contributed by atoms with Crippen molar-refractivity contribution in [2.45, 2.75) is 65.1 Å². The van der Waals surface area contributed by atoms with Crippen molar-refractivity contribution >= 4 is 11.0 Å². The van der Waals surface area contributed by atoms with Gasteiger partial charge in [-0.3, -0.25) is 4.90 Å². The molecular formula is C23H34N2O4. The van der Waals surface area contributed by atoms with E-state index in [1.807, 2.05) is 6.07 Å². The average Bonchev–Trinajstić information content (AvgIpc) is 2.71. The summed E-state index contributed by atoms with van der Waals surface area (Å²) < 4.78 is 16.4. The van der Waals surface area contributed by atoms with Crippen molar-refractivity contribution < 1.29 is 13.9 Å². The molecule has 3 rings (SSSR count). The Bertz CT molecular complexity index is 893. The fraction of sp³-hybridized carbons (Fsp3) is 0.609. The Hall–Kier alpha value is -2.05. The van der Waals surface area contributed by atoms with E-state index in [9.17, 15) is 4.79 Å². The van der Waals surface area contributed by atoms with Crippen molar-refractivity contribution in [3.63, 3.8) is 0 Å². The van der Waals surface area contributed by atoms with Gasteiger partial charge in [0.2, 0.25) is 0 Å². The van der Waals surface area contributed by atoms with Crippen LogP contribution in [0.3, 0.4) is 0 Å². The summed E-state index contributed by atoms with van der Waals surface area (Å²) in [5, 5.41) is 4.63. The monoisotopic (exact) mass is 402 g/mol. The molecule has 2 atom stereocenters. The third kappa shape index (κ3) is 4.93. The van der Waals surface area contributed by atoms with Gasteiger partial charge in [0, 0.05) is 43.2 Å². The van der Waals surface area contributed by atoms with Crippen LogP contribution in [0.5, 0.6) is 11.5 Å². The number of ether oxygens (including phenoxy) is 2. The van der Waals surface area contributed by atoms with Gasteiger partial charge in [-0.1, -0.05) is 19.8 Å². The van der Waals surface area contributed by atoms with Crippen molar-refractivity contribution in [3.05, 3.63) is 33.7 Å². The van der Waals surface area contributed by atoms with Crippen molar-refractivity contribution in [3.8, 4) is 11.5 Å². The Kier molecular flexibility index (Phi) is 7.19. The highest BCUT2D eigenvalue weighted by atomic mass is 16.5. The maximum atomic E-state index is 12.7. The van der Waals surface area contributed by atoms with Crippen LogP contribution >= 0.6 is 0 Å². The van der Waals surface area contributed by atoms with Crippen molar-refractivity contribution in [1.82, 2.24) is 10.2 Å². The molecule has 0 saturated heterocycles. The Morgan fingerprint density at radius 1 is 1.14 bits per heavy atom. The molecule has 6 nitrogen and oxygen atoms in total.